The Morgan fingerprint density at radius 2 is 1.38 bits per heavy atom. The van der Waals surface area contributed by atoms with E-state index in [1.165, 1.54) is 18.2 Å². The molecule has 456 valence electrons. The highest BCUT2D eigenvalue weighted by Crippen LogP contribution is 2.53. The molecule has 3 heterocycles. The van der Waals surface area contributed by atoms with Crippen molar-refractivity contribution in [2.75, 3.05) is 29.5 Å². The number of hydrogen-bond donors (Lipinski definition) is 6. The highest BCUT2D eigenvalue weighted by molar-refractivity contribution is 7.95. The summed E-state index contributed by atoms with van der Waals surface area (Å²) in [7, 11) is -9.61. The molecule has 0 atom stereocenters. The van der Waals surface area contributed by atoms with E-state index in [2.05, 4.69) is 38.3 Å². The number of carbonyl (C=O) groups excluding carboxylic acids is 3. The standard InChI is InChI=1S/C54H57N3O22S6/c1-53(2)46(56(25-9-27-81-77-73-62)43-19-17-39-40(51(43)53)29-36(82-78-74-63)30-45(39)85(68,69)70)20-14-34(35-12-7-11-33(28-35)10-5-6-13-50(60)71-57-48(58)22-23-49(57)59)15-21-47-54(3,4)52-41-31-37(84(65,66)67)32-44(83-79-75-64)38(41)16-18-42(52)55(47)24-8-26-80-76-72-61/h7,11-12,14-21,28-32H,5-6,8-10,13,22-27H2,1-4H3,(H5-,61,62,63,64,65,66,67,68,69,70)/p+1. The number of imide groups is 1. The van der Waals surface area contributed by atoms with Crippen LogP contribution in [-0.4, -0.2) is 105 Å². The second kappa shape index (κ2) is 28.7. The smallest absolute Gasteiger partial charge is 0.333 e. The van der Waals surface area contributed by atoms with Crippen LogP contribution in [0.5, 0.6) is 0 Å². The number of nitrogens with zero attached hydrogens (tertiary/aromatic N) is 3. The number of amides is 2. The number of unbranched alkanes of at least 4 members (excludes halogenated alkanes) is 1. The molecule has 0 aromatic heterocycles. The highest BCUT2D eigenvalue weighted by Gasteiger charge is 2.46. The largest absolute Gasteiger partial charge is 0.344 e. The number of carbonyl (C=O) groups is 3. The zero-order chi connectivity index (χ0) is 61.3. The molecule has 3 aliphatic rings. The summed E-state index contributed by atoms with van der Waals surface area (Å²) in [4.78, 5) is 43.5. The molecule has 5 aromatic carbocycles. The predicted molar refractivity (Wildman–Crippen MR) is 312 cm³/mol. The van der Waals surface area contributed by atoms with Crippen molar-refractivity contribution in [1.29, 1.82) is 0 Å². The van der Waals surface area contributed by atoms with Crippen LogP contribution in [0.25, 0.3) is 27.1 Å². The van der Waals surface area contributed by atoms with Gasteiger partial charge in [0.1, 0.15) is 11.4 Å². The van der Waals surface area contributed by atoms with Crippen molar-refractivity contribution < 1.29 is 108 Å². The predicted octanol–water partition coefficient (Wildman–Crippen LogP) is 11.3. The van der Waals surface area contributed by atoms with Gasteiger partial charge < -0.3 is 9.74 Å². The van der Waals surface area contributed by atoms with Gasteiger partial charge in [-0.05, 0) is 127 Å². The van der Waals surface area contributed by atoms with Gasteiger partial charge in [0.25, 0.3) is 32.1 Å². The van der Waals surface area contributed by atoms with E-state index in [9.17, 15) is 40.3 Å². The number of allylic oxidation sites excluding steroid dienone is 6. The van der Waals surface area contributed by atoms with Gasteiger partial charge in [0.15, 0.2) is 5.71 Å². The molecule has 0 radical (unpaired) electrons. The molecule has 8 rings (SSSR count). The molecular formula is C54H58N3O22S6+. The number of benzene rings is 5. The zero-order valence-electron chi connectivity index (χ0n) is 45.7. The minimum atomic E-state index is -4.82. The van der Waals surface area contributed by atoms with Gasteiger partial charge in [-0.1, -0.05) is 70.4 Å². The Kier molecular flexibility index (Phi) is 22.1. The lowest BCUT2D eigenvalue weighted by Crippen LogP contribution is -2.31. The zero-order valence-corrected chi connectivity index (χ0v) is 50.6. The van der Waals surface area contributed by atoms with Crippen molar-refractivity contribution in [3.8, 4) is 0 Å². The summed E-state index contributed by atoms with van der Waals surface area (Å²) < 4.78 is 93.3. The van der Waals surface area contributed by atoms with Crippen molar-refractivity contribution in [3.05, 3.63) is 125 Å². The molecule has 25 nitrogen and oxygen atoms in total. The van der Waals surface area contributed by atoms with Crippen LogP contribution >= 0.6 is 48.2 Å². The number of aryl methyl sites for hydroxylation is 1. The Balaban J connectivity index is 1.27. The molecule has 3 aliphatic heterocycles. The van der Waals surface area contributed by atoms with Gasteiger partial charge in [-0.3, -0.25) is 18.7 Å². The third-order valence-electron chi connectivity index (χ3n) is 14.5. The molecule has 0 bridgehead atoms. The van der Waals surface area contributed by atoms with E-state index in [1.807, 2.05) is 82.3 Å². The number of fused-ring (bicyclic) bond motifs is 6. The van der Waals surface area contributed by atoms with Crippen LogP contribution in [0.15, 0.2) is 122 Å². The Bertz CT molecular complexity index is 3710. The van der Waals surface area contributed by atoms with E-state index >= 15 is 0 Å². The molecule has 5 aromatic rings. The lowest BCUT2D eigenvalue weighted by molar-refractivity contribution is -0.438. The molecule has 31 heteroatoms. The molecule has 0 unspecified atom stereocenters. The first-order chi connectivity index (χ1) is 40.5. The average Bonchev–Trinajstić information content (AvgIpc) is 1.63. The third kappa shape index (κ3) is 15.2. The number of hydrogen-bond acceptors (Lipinski definition) is 25. The summed E-state index contributed by atoms with van der Waals surface area (Å²) in [5, 5.41) is 53.2. The second-order valence-corrected chi connectivity index (χ2v) is 26.3. The summed E-state index contributed by atoms with van der Waals surface area (Å²) in [6.45, 7) is 8.57. The lowest BCUT2D eigenvalue weighted by atomic mass is 9.78. The maximum Gasteiger partial charge on any atom is 0.333 e. The summed E-state index contributed by atoms with van der Waals surface area (Å²) in [6, 6.07) is 20.1. The first-order valence-corrected chi connectivity index (χ1v) is 32.1. The number of rotatable bonds is 30. The summed E-state index contributed by atoms with van der Waals surface area (Å²) >= 11 is 2.80. The molecule has 2 amide bonds. The highest BCUT2D eigenvalue weighted by atomic mass is 32.2. The monoisotopic (exact) mass is 1290 g/mol. The number of anilines is 1. The SMILES string of the molecule is CC1(C)C(/C=C/C(=C/C=C2/N(CCCSOOO)c3ccc4c(S(=O)(=O)O)cc(SOOO)cc4c3C2(C)C)c2cccc(CCCCC(=O)ON3C(=O)CCC3=O)c2)=[N+](CCCSOOO)c2ccc3c(SOOO)cc(S(=O)(=O)O)cc3c21. The first-order valence-electron chi connectivity index (χ1n) is 25.9. The van der Waals surface area contributed by atoms with Gasteiger partial charge in [-0.25, -0.2) is 25.8 Å². The topological polar surface area (TPSA) is 333 Å². The average molecular weight is 1290 g/mol. The van der Waals surface area contributed by atoms with Crippen LogP contribution in [-0.2, 0) is 94.2 Å². The van der Waals surface area contributed by atoms with Crippen molar-refractivity contribution in [3.63, 3.8) is 0 Å². The first kappa shape index (κ1) is 65.6. The van der Waals surface area contributed by atoms with E-state index in [-0.39, 0.29) is 34.4 Å². The lowest BCUT2D eigenvalue weighted by Gasteiger charge is -2.27. The summed E-state index contributed by atoms with van der Waals surface area (Å²) in [5.41, 5.74) is 4.69. The van der Waals surface area contributed by atoms with Gasteiger partial charge in [-0.2, -0.15) is 21.4 Å². The minimum Gasteiger partial charge on any atom is -0.344 e. The van der Waals surface area contributed by atoms with Gasteiger partial charge in [-0.15, -0.1) is 22.4 Å². The summed E-state index contributed by atoms with van der Waals surface area (Å²) in [5.74, 6) is -1.13. The van der Waals surface area contributed by atoms with Crippen LogP contribution < -0.4 is 4.90 Å². The van der Waals surface area contributed by atoms with E-state index < -0.39 is 58.6 Å². The second-order valence-electron chi connectivity index (χ2n) is 20.4. The van der Waals surface area contributed by atoms with Crippen LogP contribution in [0.2, 0.25) is 0 Å². The fourth-order valence-corrected chi connectivity index (χ4v) is 14.0. The van der Waals surface area contributed by atoms with Gasteiger partial charge >= 0.3 is 5.97 Å². The number of hydroxylamine groups is 2. The van der Waals surface area contributed by atoms with E-state index in [1.54, 1.807) is 24.3 Å². The van der Waals surface area contributed by atoms with Crippen molar-refractivity contribution >= 4 is 130 Å². The van der Waals surface area contributed by atoms with Crippen molar-refractivity contribution in [2.45, 2.75) is 109 Å². The van der Waals surface area contributed by atoms with Crippen molar-refractivity contribution in [1.82, 2.24) is 5.06 Å². The normalized spacial score (nSPS) is 16.5. The molecule has 1 fully saturated rings. The third-order valence-corrected chi connectivity index (χ3v) is 18.6. The van der Waals surface area contributed by atoms with Crippen LogP contribution in [0.3, 0.4) is 0 Å². The maximum absolute atomic E-state index is 13.0. The summed E-state index contributed by atoms with van der Waals surface area (Å²) in [6.07, 6.45) is 10.0. The maximum atomic E-state index is 13.0. The van der Waals surface area contributed by atoms with Crippen molar-refractivity contribution in [2.24, 2.45) is 0 Å². The van der Waals surface area contributed by atoms with E-state index in [4.69, 9.17) is 34.5 Å². The molecule has 0 spiro atoms. The Labute approximate surface area is 504 Å². The Morgan fingerprint density at radius 3 is 2.06 bits per heavy atom. The van der Waals surface area contributed by atoms with E-state index in [0.717, 1.165) is 46.6 Å². The van der Waals surface area contributed by atoms with Crippen LogP contribution in [0.1, 0.15) is 94.9 Å². The van der Waals surface area contributed by atoms with E-state index in [0.29, 0.717) is 130 Å². The fourth-order valence-electron chi connectivity index (χ4n) is 10.9. The molecule has 85 heavy (non-hydrogen) atoms. The molecule has 1 saturated heterocycles. The molecule has 6 N–H and O–H groups in total. The van der Waals surface area contributed by atoms with Gasteiger partial charge in [0.05, 0.1) is 34.4 Å². The van der Waals surface area contributed by atoms with Crippen LogP contribution in [0.4, 0.5) is 11.4 Å². The molecule has 0 aliphatic carbocycles. The van der Waals surface area contributed by atoms with Gasteiger partial charge in [0, 0.05) is 118 Å². The fraction of sp³-hybridized carbons (Fsp3) is 0.333. The van der Waals surface area contributed by atoms with Gasteiger partial charge in [0.2, 0.25) is 5.69 Å². The molecular weight excluding hydrogens is 1230 g/mol. The quantitative estimate of drug-likeness (QED) is 0.00363. The Morgan fingerprint density at radius 1 is 0.706 bits per heavy atom. The Hall–Kier alpha value is -5.34. The molecule has 0 saturated carbocycles. The van der Waals surface area contributed by atoms with Crippen LogP contribution in [0, 0.1) is 0 Å². The minimum absolute atomic E-state index is 0.0269.